The van der Waals surface area contributed by atoms with Crippen LogP contribution in [-0.4, -0.2) is 21.4 Å². The molecule has 1 atom stereocenters. The second-order valence-corrected chi connectivity index (χ2v) is 6.32. The average Bonchev–Trinajstić information content (AvgIpc) is 2.56. The van der Waals surface area contributed by atoms with E-state index in [1.165, 1.54) is 0 Å². The van der Waals surface area contributed by atoms with E-state index in [1.807, 2.05) is 26.8 Å². The lowest BCUT2D eigenvalue weighted by molar-refractivity contribution is 0.121. The van der Waals surface area contributed by atoms with Crippen LogP contribution in [0, 0.1) is 11.3 Å². The number of hydrazone groups is 1. The topological polar surface area (TPSA) is 59.6 Å². The number of phenolic OH excluding ortho intramolecular Hbond substituents is 1. The summed E-state index contributed by atoms with van der Waals surface area (Å²) in [5, 5.41) is 25.7. The van der Waals surface area contributed by atoms with Crippen molar-refractivity contribution >= 4 is 21.6 Å². The van der Waals surface area contributed by atoms with Crippen LogP contribution >= 0.6 is 15.9 Å². The zero-order valence-corrected chi connectivity index (χ0v) is 12.8. The van der Waals surface area contributed by atoms with E-state index in [1.54, 1.807) is 17.1 Å². The molecule has 1 aliphatic rings. The molecule has 0 radical (unpaired) electrons. The summed E-state index contributed by atoms with van der Waals surface area (Å²) in [6.07, 6.45) is 0.822. The maximum Gasteiger partial charge on any atom is 0.162 e. The Morgan fingerprint density at radius 2 is 2.21 bits per heavy atom. The highest BCUT2D eigenvalue weighted by molar-refractivity contribution is 9.10. The molecule has 0 saturated heterocycles. The molecule has 1 aliphatic heterocycles. The molecule has 1 N–H and O–H groups in total. The van der Waals surface area contributed by atoms with Crippen molar-refractivity contribution in [2.45, 2.75) is 38.8 Å². The number of phenols is 1. The molecule has 0 aliphatic carbocycles. The Hall–Kier alpha value is -1.54. The highest BCUT2D eigenvalue weighted by Crippen LogP contribution is 2.38. The number of nitrogens with zero attached hydrogens (tertiary/aromatic N) is 3. The SMILES string of the molecule is CC1=NN([C@H](C#N)c2ccc(Br)cc2O)C(C)(C)C1. The van der Waals surface area contributed by atoms with E-state index in [9.17, 15) is 10.4 Å². The van der Waals surface area contributed by atoms with Gasteiger partial charge in [0, 0.05) is 22.2 Å². The molecular formula is C14H16BrN3O. The lowest BCUT2D eigenvalue weighted by Gasteiger charge is -2.34. The summed E-state index contributed by atoms with van der Waals surface area (Å²) in [7, 11) is 0. The second kappa shape index (κ2) is 4.86. The van der Waals surface area contributed by atoms with E-state index >= 15 is 0 Å². The van der Waals surface area contributed by atoms with Crippen molar-refractivity contribution in [2.24, 2.45) is 5.10 Å². The number of rotatable bonds is 2. The average molecular weight is 322 g/mol. The standard InChI is InChI=1S/C14H16BrN3O/c1-9-7-14(2,3)18(17-9)12(8-16)11-5-4-10(15)6-13(11)19/h4-6,12,19H,7H2,1-3H3/t12-/m1/s1. The molecule has 0 aromatic heterocycles. The molecule has 0 saturated carbocycles. The van der Waals surface area contributed by atoms with Crippen LogP contribution < -0.4 is 0 Å². The fourth-order valence-electron chi connectivity index (χ4n) is 2.47. The van der Waals surface area contributed by atoms with Gasteiger partial charge in [0.05, 0.1) is 11.6 Å². The van der Waals surface area contributed by atoms with Crippen molar-refractivity contribution in [2.75, 3.05) is 0 Å². The van der Waals surface area contributed by atoms with Gasteiger partial charge in [0.15, 0.2) is 6.04 Å². The zero-order valence-electron chi connectivity index (χ0n) is 11.2. The number of halogens is 1. The first-order valence-corrected chi connectivity index (χ1v) is 6.86. The minimum atomic E-state index is -0.583. The predicted octanol–water partition coefficient (Wildman–Crippen LogP) is 3.58. The van der Waals surface area contributed by atoms with Crippen LogP contribution in [0.4, 0.5) is 0 Å². The summed E-state index contributed by atoms with van der Waals surface area (Å²) in [5.41, 5.74) is 1.36. The van der Waals surface area contributed by atoms with E-state index in [-0.39, 0.29) is 11.3 Å². The Balaban J connectivity index is 2.44. The van der Waals surface area contributed by atoms with Gasteiger partial charge < -0.3 is 5.11 Å². The maximum atomic E-state index is 10.0. The van der Waals surface area contributed by atoms with Crippen LogP contribution in [0.25, 0.3) is 0 Å². The summed E-state index contributed by atoms with van der Waals surface area (Å²) in [6.45, 7) is 6.05. The van der Waals surface area contributed by atoms with Gasteiger partial charge in [-0.15, -0.1) is 0 Å². The van der Waals surface area contributed by atoms with Crippen molar-refractivity contribution < 1.29 is 5.11 Å². The first-order valence-electron chi connectivity index (χ1n) is 6.06. The highest BCUT2D eigenvalue weighted by atomic mass is 79.9. The number of hydrogen-bond donors (Lipinski definition) is 1. The van der Waals surface area contributed by atoms with Crippen molar-refractivity contribution in [3.05, 3.63) is 28.2 Å². The molecule has 19 heavy (non-hydrogen) atoms. The Morgan fingerprint density at radius 1 is 1.53 bits per heavy atom. The van der Waals surface area contributed by atoms with Gasteiger partial charge in [-0.1, -0.05) is 22.0 Å². The Labute approximate surface area is 121 Å². The molecule has 2 rings (SSSR count). The van der Waals surface area contributed by atoms with E-state index in [4.69, 9.17) is 0 Å². The van der Waals surface area contributed by atoms with Gasteiger partial charge >= 0.3 is 0 Å². The predicted molar refractivity (Wildman–Crippen MR) is 77.8 cm³/mol. The summed E-state index contributed by atoms with van der Waals surface area (Å²) in [6, 6.07) is 6.83. The van der Waals surface area contributed by atoms with Crippen LogP contribution in [0.2, 0.25) is 0 Å². The third-order valence-electron chi connectivity index (χ3n) is 3.24. The van der Waals surface area contributed by atoms with Gasteiger partial charge in [-0.05, 0) is 32.9 Å². The van der Waals surface area contributed by atoms with Gasteiger partial charge in [-0.2, -0.15) is 10.4 Å². The fraction of sp³-hybridized carbons (Fsp3) is 0.429. The third kappa shape index (κ3) is 2.59. The Kier molecular flexibility index (Phi) is 3.55. The molecule has 0 fully saturated rings. The quantitative estimate of drug-likeness (QED) is 0.905. The monoisotopic (exact) mass is 321 g/mol. The number of hydrogen-bond acceptors (Lipinski definition) is 4. The van der Waals surface area contributed by atoms with Gasteiger partial charge in [-0.3, -0.25) is 5.01 Å². The number of aromatic hydroxyl groups is 1. The molecular weight excluding hydrogens is 306 g/mol. The molecule has 0 bridgehead atoms. The number of nitriles is 1. The van der Waals surface area contributed by atoms with Crippen molar-refractivity contribution in [3.63, 3.8) is 0 Å². The van der Waals surface area contributed by atoms with E-state index in [0.717, 1.165) is 16.6 Å². The fourth-order valence-corrected chi connectivity index (χ4v) is 2.82. The molecule has 1 aromatic carbocycles. The Morgan fingerprint density at radius 3 is 2.68 bits per heavy atom. The van der Waals surface area contributed by atoms with Gasteiger partial charge in [0.25, 0.3) is 0 Å². The molecule has 4 nitrogen and oxygen atoms in total. The minimum Gasteiger partial charge on any atom is -0.508 e. The first kappa shape index (κ1) is 13.9. The summed E-state index contributed by atoms with van der Waals surface area (Å²) < 4.78 is 0.783. The largest absolute Gasteiger partial charge is 0.508 e. The summed E-state index contributed by atoms with van der Waals surface area (Å²) >= 11 is 3.30. The van der Waals surface area contributed by atoms with Gasteiger partial charge in [0.1, 0.15) is 5.75 Å². The smallest absolute Gasteiger partial charge is 0.162 e. The Bertz CT molecular complexity index is 575. The maximum absolute atomic E-state index is 10.0. The molecule has 0 amide bonds. The van der Waals surface area contributed by atoms with Crippen LogP contribution in [0.5, 0.6) is 5.75 Å². The van der Waals surface area contributed by atoms with Gasteiger partial charge in [-0.25, -0.2) is 0 Å². The lowest BCUT2D eigenvalue weighted by Crippen LogP contribution is -2.38. The van der Waals surface area contributed by atoms with E-state index in [0.29, 0.717) is 5.56 Å². The molecule has 0 spiro atoms. The molecule has 0 unspecified atom stereocenters. The van der Waals surface area contributed by atoms with Crippen LogP contribution in [0.15, 0.2) is 27.8 Å². The van der Waals surface area contributed by atoms with Gasteiger partial charge in [0.2, 0.25) is 0 Å². The first-order chi connectivity index (χ1) is 8.85. The second-order valence-electron chi connectivity index (χ2n) is 5.40. The highest BCUT2D eigenvalue weighted by Gasteiger charge is 2.38. The third-order valence-corrected chi connectivity index (χ3v) is 3.73. The van der Waals surface area contributed by atoms with E-state index < -0.39 is 6.04 Å². The van der Waals surface area contributed by atoms with Crippen molar-refractivity contribution in [3.8, 4) is 11.8 Å². The molecule has 1 aromatic rings. The normalized spacial score (nSPS) is 18.9. The number of benzene rings is 1. The molecule has 5 heteroatoms. The van der Waals surface area contributed by atoms with E-state index in [2.05, 4.69) is 27.1 Å². The van der Waals surface area contributed by atoms with Crippen LogP contribution in [0.1, 0.15) is 38.8 Å². The summed E-state index contributed by atoms with van der Waals surface area (Å²) in [4.78, 5) is 0. The van der Waals surface area contributed by atoms with Crippen LogP contribution in [0.3, 0.4) is 0 Å². The lowest BCUT2D eigenvalue weighted by atomic mass is 9.95. The molecule has 100 valence electrons. The molecule has 1 heterocycles. The minimum absolute atomic E-state index is 0.108. The zero-order chi connectivity index (χ0) is 14.2. The van der Waals surface area contributed by atoms with Crippen LogP contribution in [-0.2, 0) is 0 Å². The van der Waals surface area contributed by atoms with Crippen molar-refractivity contribution in [1.82, 2.24) is 5.01 Å². The summed E-state index contributed by atoms with van der Waals surface area (Å²) in [5.74, 6) is 0.108. The van der Waals surface area contributed by atoms with Crippen molar-refractivity contribution in [1.29, 1.82) is 5.26 Å².